The molecule has 2 heterocycles. The normalized spacial score (nSPS) is 10.6. The number of aryl methyl sites for hydroxylation is 1. The van der Waals surface area contributed by atoms with Crippen molar-refractivity contribution in [1.29, 1.82) is 0 Å². The number of nitrogen functional groups attached to an aromatic ring is 1. The molecule has 0 bridgehead atoms. The second-order valence-corrected chi connectivity index (χ2v) is 4.32. The van der Waals surface area contributed by atoms with Gasteiger partial charge in [-0.1, -0.05) is 18.2 Å². The Labute approximate surface area is 110 Å². The van der Waals surface area contributed by atoms with E-state index < -0.39 is 0 Å². The van der Waals surface area contributed by atoms with Gasteiger partial charge in [0.1, 0.15) is 5.52 Å². The average molecular weight is 251 g/mol. The third kappa shape index (κ3) is 2.20. The maximum atomic E-state index is 5.85. The Morgan fingerprint density at radius 1 is 1.11 bits per heavy atom. The predicted octanol–water partition coefficient (Wildman–Crippen LogP) is 3.31. The van der Waals surface area contributed by atoms with Crippen LogP contribution in [0.1, 0.15) is 5.56 Å². The quantitative estimate of drug-likeness (QED) is 0.759. The lowest BCUT2D eigenvalue weighted by atomic mass is 10.2. The fourth-order valence-electron chi connectivity index (χ4n) is 1.95. The van der Waals surface area contributed by atoms with Crippen LogP contribution in [0.15, 0.2) is 48.8 Å². The smallest absolute Gasteiger partial charge is 0.222 e. The molecule has 0 aliphatic heterocycles. The Morgan fingerprint density at radius 2 is 1.95 bits per heavy atom. The highest BCUT2D eigenvalue weighted by Crippen LogP contribution is 2.29. The van der Waals surface area contributed by atoms with E-state index in [9.17, 15) is 0 Å². The summed E-state index contributed by atoms with van der Waals surface area (Å²) in [7, 11) is 0. The van der Waals surface area contributed by atoms with Crippen molar-refractivity contribution in [3.8, 4) is 11.6 Å². The number of pyridine rings is 2. The minimum atomic E-state index is 0.548. The highest BCUT2D eigenvalue weighted by atomic mass is 16.5. The lowest BCUT2D eigenvalue weighted by Gasteiger charge is -2.09. The number of ether oxygens (including phenoxy) is 1. The zero-order valence-corrected chi connectivity index (χ0v) is 10.5. The van der Waals surface area contributed by atoms with E-state index in [1.165, 1.54) is 0 Å². The SMILES string of the molecule is Cc1cc(N)cnc1Oc1cccc2cccnc12. The molecule has 19 heavy (non-hydrogen) atoms. The Kier molecular flexibility index (Phi) is 2.76. The van der Waals surface area contributed by atoms with E-state index in [1.54, 1.807) is 12.4 Å². The molecule has 4 heteroatoms. The standard InChI is InChI=1S/C15H13N3O/c1-10-8-12(16)9-18-15(10)19-13-6-2-4-11-5-3-7-17-14(11)13/h2-9H,16H2,1H3. The highest BCUT2D eigenvalue weighted by Gasteiger charge is 2.07. The third-order valence-corrected chi connectivity index (χ3v) is 2.85. The Hall–Kier alpha value is -2.62. The van der Waals surface area contributed by atoms with Crippen LogP contribution in [0.5, 0.6) is 11.6 Å². The predicted molar refractivity (Wildman–Crippen MR) is 75.2 cm³/mol. The molecular weight excluding hydrogens is 238 g/mol. The van der Waals surface area contributed by atoms with Crippen molar-refractivity contribution >= 4 is 16.6 Å². The Morgan fingerprint density at radius 3 is 2.79 bits per heavy atom. The number of fused-ring (bicyclic) bond motifs is 1. The van der Waals surface area contributed by atoms with Crippen LogP contribution in [-0.2, 0) is 0 Å². The first-order chi connectivity index (χ1) is 9.24. The molecule has 0 unspecified atom stereocenters. The van der Waals surface area contributed by atoms with Gasteiger partial charge < -0.3 is 10.5 Å². The number of para-hydroxylation sites is 1. The first kappa shape index (κ1) is 11.5. The lowest BCUT2D eigenvalue weighted by molar-refractivity contribution is 0.463. The molecule has 4 nitrogen and oxygen atoms in total. The van der Waals surface area contributed by atoms with Crippen LogP contribution in [0.4, 0.5) is 5.69 Å². The van der Waals surface area contributed by atoms with E-state index in [0.717, 1.165) is 16.5 Å². The largest absolute Gasteiger partial charge is 0.436 e. The van der Waals surface area contributed by atoms with Gasteiger partial charge in [-0.05, 0) is 25.1 Å². The van der Waals surface area contributed by atoms with Gasteiger partial charge in [0.05, 0.1) is 11.9 Å². The van der Waals surface area contributed by atoms with E-state index >= 15 is 0 Å². The Balaban J connectivity index is 2.06. The summed E-state index contributed by atoms with van der Waals surface area (Å²) in [6.07, 6.45) is 3.33. The molecule has 0 saturated carbocycles. The van der Waals surface area contributed by atoms with Crippen LogP contribution in [0.2, 0.25) is 0 Å². The number of nitrogens with two attached hydrogens (primary N) is 1. The molecule has 1 aromatic carbocycles. The molecule has 0 saturated heterocycles. The van der Waals surface area contributed by atoms with Gasteiger partial charge in [0, 0.05) is 17.1 Å². The summed E-state index contributed by atoms with van der Waals surface area (Å²) in [5, 5.41) is 1.04. The van der Waals surface area contributed by atoms with Crippen molar-refractivity contribution in [3.05, 3.63) is 54.4 Å². The van der Waals surface area contributed by atoms with Crippen molar-refractivity contribution < 1.29 is 4.74 Å². The number of nitrogens with zero attached hydrogens (tertiary/aromatic N) is 2. The van der Waals surface area contributed by atoms with E-state index in [0.29, 0.717) is 17.3 Å². The van der Waals surface area contributed by atoms with Gasteiger partial charge in [-0.3, -0.25) is 4.98 Å². The maximum Gasteiger partial charge on any atom is 0.222 e. The molecule has 0 fully saturated rings. The molecule has 0 aliphatic carbocycles. The molecule has 0 amide bonds. The molecule has 0 atom stereocenters. The fraction of sp³-hybridized carbons (Fsp3) is 0.0667. The molecule has 3 rings (SSSR count). The minimum Gasteiger partial charge on any atom is -0.436 e. The average Bonchev–Trinajstić information content (AvgIpc) is 2.42. The van der Waals surface area contributed by atoms with Crippen LogP contribution in [0.3, 0.4) is 0 Å². The lowest BCUT2D eigenvalue weighted by Crippen LogP contribution is -1.95. The van der Waals surface area contributed by atoms with Gasteiger partial charge in [-0.15, -0.1) is 0 Å². The summed E-state index contributed by atoms with van der Waals surface area (Å²) in [5.41, 5.74) is 8.03. The van der Waals surface area contributed by atoms with E-state index in [2.05, 4.69) is 9.97 Å². The summed E-state index contributed by atoms with van der Waals surface area (Å²) in [6, 6.07) is 11.6. The highest BCUT2D eigenvalue weighted by molar-refractivity contribution is 5.84. The van der Waals surface area contributed by atoms with E-state index in [1.807, 2.05) is 43.3 Å². The van der Waals surface area contributed by atoms with E-state index in [4.69, 9.17) is 10.5 Å². The van der Waals surface area contributed by atoms with Crippen LogP contribution >= 0.6 is 0 Å². The van der Waals surface area contributed by atoms with Crippen LogP contribution in [0, 0.1) is 6.92 Å². The summed E-state index contributed by atoms with van der Waals surface area (Å²) >= 11 is 0. The molecule has 0 radical (unpaired) electrons. The number of aromatic nitrogens is 2. The van der Waals surface area contributed by atoms with E-state index in [-0.39, 0.29) is 0 Å². The zero-order valence-electron chi connectivity index (χ0n) is 10.5. The van der Waals surface area contributed by atoms with Crippen LogP contribution in [0.25, 0.3) is 10.9 Å². The molecular formula is C15H13N3O. The van der Waals surface area contributed by atoms with Gasteiger partial charge in [-0.2, -0.15) is 0 Å². The fourth-order valence-corrected chi connectivity index (χ4v) is 1.95. The van der Waals surface area contributed by atoms with Crippen molar-refractivity contribution in [3.63, 3.8) is 0 Å². The molecule has 3 aromatic rings. The van der Waals surface area contributed by atoms with Gasteiger partial charge in [0.25, 0.3) is 0 Å². The third-order valence-electron chi connectivity index (χ3n) is 2.85. The van der Waals surface area contributed by atoms with Crippen molar-refractivity contribution in [1.82, 2.24) is 9.97 Å². The number of rotatable bonds is 2. The molecule has 0 aliphatic rings. The first-order valence-electron chi connectivity index (χ1n) is 5.98. The number of benzene rings is 1. The summed E-state index contributed by atoms with van der Waals surface area (Å²) in [6.45, 7) is 1.91. The zero-order chi connectivity index (χ0) is 13.2. The summed E-state index contributed by atoms with van der Waals surface area (Å²) < 4.78 is 5.85. The topological polar surface area (TPSA) is 61.0 Å². The number of hydrogen-bond donors (Lipinski definition) is 1. The van der Waals surface area contributed by atoms with Crippen molar-refractivity contribution in [2.75, 3.05) is 5.73 Å². The second-order valence-electron chi connectivity index (χ2n) is 4.32. The van der Waals surface area contributed by atoms with Gasteiger partial charge >= 0.3 is 0 Å². The molecule has 94 valence electrons. The number of hydrogen-bond acceptors (Lipinski definition) is 4. The molecule has 2 N–H and O–H groups in total. The summed E-state index contributed by atoms with van der Waals surface area (Å²) in [4.78, 5) is 8.55. The minimum absolute atomic E-state index is 0.548. The molecule has 0 spiro atoms. The molecule has 2 aromatic heterocycles. The van der Waals surface area contributed by atoms with Gasteiger partial charge in [0.15, 0.2) is 5.75 Å². The van der Waals surface area contributed by atoms with Gasteiger partial charge in [0.2, 0.25) is 5.88 Å². The monoisotopic (exact) mass is 251 g/mol. The van der Waals surface area contributed by atoms with Crippen molar-refractivity contribution in [2.45, 2.75) is 6.92 Å². The summed E-state index contributed by atoms with van der Waals surface area (Å²) in [5.74, 6) is 1.24. The van der Waals surface area contributed by atoms with Gasteiger partial charge in [-0.25, -0.2) is 4.98 Å². The maximum absolute atomic E-state index is 5.85. The first-order valence-corrected chi connectivity index (χ1v) is 5.98. The van der Waals surface area contributed by atoms with Crippen LogP contribution < -0.4 is 10.5 Å². The van der Waals surface area contributed by atoms with Crippen LogP contribution in [-0.4, -0.2) is 9.97 Å². The number of anilines is 1. The van der Waals surface area contributed by atoms with Crippen molar-refractivity contribution in [2.24, 2.45) is 0 Å². The second kappa shape index (κ2) is 4.57. The Bertz CT molecular complexity index is 735.